The van der Waals surface area contributed by atoms with Gasteiger partial charge in [-0.1, -0.05) is 0 Å². The number of benzene rings is 1. The standard InChI is InChI=1S/C12H10F3NO3S/c13-7-2-1-6(9(14)10(7)15)11(17)16-3-4-20-5-8(16)12(18)19/h1-2,8H,3-5H2,(H,18,19). The number of thioether (sulfide) groups is 1. The summed E-state index contributed by atoms with van der Waals surface area (Å²) < 4.78 is 39.5. The van der Waals surface area contributed by atoms with Crippen molar-refractivity contribution in [3.63, 3.8) is 0 Å². The lowest BCUT2D eigenvalue weighted by molar-refractivity contribution is -0.141. The van der Waals surface area contributed by atoms with Gasteiger partial charge in [-0.3, -0.25) is 4.79 Å². The first-order valence-electron chi connectivity index (χ1n) is 5.68. The minimum absolute atomic E-state index is 0.110. The van der Waals surface area contributed by atoms with Crippen LogP contribution in [-0.2, 0) is 4.79 Å². The molecular formula is C12H10F3NO3S. The third-order valence-electron chi connectivity index (χ3n) is 2.94. The first kappa shape index (κ1) is 14.7. The third kappa shape index (κ3) is 2.60. The number of rotatable bonds is 2. The summed E-state index contributed by atoms with van der Waals surface area (Å²) in [6, 6.07) is 0.352. The molecule has 0 radical (unpaired) electrons. The Bertz CT molecular complexity index is 567. The predicted molar refractivity (Wildman–Crippen MR) is 66.1 cm³/mol. The summed E-state index contributed by atoms with van der Waals surface area (Å²) in [5.41, 5.74) is -0.665. The molecule has 4 nitrogen and oxygen atoms in total. The molecule has 20 heavy (non-hydrogen) atoms. The first-order chi connectivity index (χ1) is 9.43. The number of hydrogen-bond donors (Lipinski definition) is 1. The zero-order chi connectivity index (χ0) is 14.9. The molecule has 1 aromatic carbocycles. The lowest BCUT2D eigenvalue weighted by atomic mass is 10.1. The lowest BCUT2D eigenvalue weighted by Crippen LogP contribution is -2.50. The number of carbonyl (C=O) groups excluding carboxylic acids is 1. The molecule has 1 aromatic rings. The van der Waals surface area contributed by atoms with Gasteiger partial charge in [0.1, 0.15) is 6.04 Å². The highest BCUT2D eigenvalue weighted by Gasteiger charge is 2.34. The van der Waals surface area contributed by atoms with Crippen molar-refractivity contribution in [1.29, 1.82) is 0 Å². The summed E-state index contributed by atoms with van der Waals surface area (Å²) in [6.07, 6.45) is 0. The van der Waals surface area contributed by atoms with E-state index in [1.165, 1.54) is 11.8 Å². The normalized spacial score (nSPS) is 18.9. The van der Waals surface area contributed by atoms with Crippen molar-refractivity contribution in [2.45, 2.75) is 6.04 Å². The van der Waals surface area contributed by atoms with Crippen LogP contribution in [0.4, 0.5) is 13.2 Å². The number of carboxylic acids is 1. The summed E-state index contributed by atoms with van der Waals surface area (Å²) in [5, 5.41) is 9.04. The van der Waals surface area contributed by atoms with Gasteiger partial charge in [-0.2, -0.15) is 11.8 Å². The van der Waals surface area contributed by atoms with Gasteiger partial charge in [-0.15, -0.1) is 0 Å². The highest BCUT2D eigenvalue weighted by Crippen LogP contribution is 2.22. The van der Waals surface area contributed by atoms with E-state index in [-0.39, 0.29) is 12.3 Å². The van der Waals surface area contributed by atoms with Crippen LogP contribution in [0.5, 0.6) is 0 Å². The number of amides is 1. The van der Waals surface area contributed by atoms with Gasteiger partial charge >= 0.3 is 5.97 Å². The molecule has 0 aromatic heterocycles. The number of aliphatic carboxylic acids is 1. The highest BCUT2D eigenvalue weighted by atomic mass is 32.2. The van der Waals surface area contributed by atoms with E-state index in [0.29, 0.717) is 11.8 Å². The summed E-state index contributed by atoms with van der Waals surface area (Å²) >= 11 is 1.35. The Morgan fingerprint density at radius 2 is 1.95 bits per heavy atom. The molecule has 8 heteroatoms. The SMILES string of the molecule is O=C(O)C1CSCCN1C(=O)c1ccc(F)c(F)c1F. The summed E-state index contributed by atoms with van der Waals surface area (Å²) in [4.78, 5) is 24.2. The van der Waals surface area contributed by atoms with E-state index in [4.69, 9.17) is 5.11 Å². The number of nitrogens with zero attached hydrogens (tertiary/aromatic N) is 1. The molecule has 1 atom stereocenters. The Morgan fingerprint density at radius 3 is 2.60 bits per heavy atom. The predicted octanol–water partition coefficient (Wildman–Crippen LogP) is 1.75. The summed E-state index contributed by atoms with van der Waals surface area (Å²) in [6.45, 7) is 0.110. The number of carbonyl (C=O) groups is 2. The zero-order valence-corrected chi connectivity index (χ0v) is 10.9. The van der Waals surface area contributed by atoms with Crippen molar-refractivity contribution in [2.24, 2.45) is 0 Å². The smallest absolute Gasteiger partial charge is 0.327 e. The number of halogens is 3. The molecule has 0 saturated carbocycles. The Morgan fingerprint density at radius 1 is 1.25 bits per heavy atom. The molecular weight excluding hydrogens is 295 g/mol. The van der Waals surface area contributed by atoms with Crippen LogP contribution in [-0.4, -0.2) is 46.0 Å². The van der Waals surface area contributed by atoms with Gasteiger partial charge in [0.05, 0.1) is 5.56 Å². The third-order valence-corrected chi connectivity index (χ3v) is 3.96. The molecule has 1 saturated heterocycles. The Balaban J connectivity index is 2.35. The van der Waals surface area contributed by atoms with E-state index >= 15 is 0 Å². The van der Waals surface area contributed by atoms with E-state index in [2.05, 4.69) is 0 Å². The quantitative estimate of drug-likeness (QED) is 0.846. The van der Waals surface area contributed by atoms with Gasteiger partial charge in [0.2, 0.25) is 0 Å². The molecule has 0 aliphatic carbocycles. The first-order valence-corrected chi connectivity index (χ1v) is 6.84. The fourth-order valence-corrected chi connectivity index (χ4v) is 2.94. The molecule has 1 fully saturated rings. The molecule has 1 N–H and O–H groups in total. The van der Waals surface area contributed by atoms with Crippen LogP contribution in [0.15, 0.2) is 12.1 Å². The van der Waals surface area contributed by atoms with Gasteiger partial charge in [-0.25, -0.2) is 18.0 Å². The monoisotopic (exact) mass is 305 g/mol. The molecule has 1 heterocycles. The molecule has 0 bridgehead atoms. The molecule has 1 aliphatic rings. The lowest BCUT2D eigenvalue weighted by Gasteiger charge is -2.32. The van der Waals surface area contributed by atoms with Crippen LogP contribution in [0.3, 0.4) is 0 Å². The van der Waals surface area contributed by atoms with Crippen LogP contribution in [0.1, 0.15) is 10.4 Å². The van der Waals surface area contributed by atoms with Gasteiger partial charge < -0.3 is 10.0 Å². The average molecular weight is 305 g/mol. The van der Waals surface area contributed by atoms with Crippen molar-refractivity contribution in [3.8, 4) is 0 Å². The van der Waals surface area contributed by atoms with Crippen LogP contribution in [0, 0.1) is 17.5 Å². The maximum absolute atomic E-state index is 13.6. The van der Waals surface area contributed by atoms with E-state index in [1.807, 2.05) is 0 Å². The fourth-order valence-electron chi connectivity index (χ4n) is 1.90. The molecule has 2 rings (SSSR count). The number of carboxylic acid groups (broad SMARTS) is 1. The molecule has 1 amide bonds. The summed E-state index contributed by atoms with van der Waals surface area (Å²) in [5.74, 6) is -6.23. The van der Waals surface area contributed by atoms with E-state index < -0.39 is 40.9 Å². The van der Waals surface area contributed by atoms with Crippen LogP contribution < -0.4 is 0 Å². The van der Waals surface area contributed by atoms with E-state index in [9.17, 15) is 22.8 Å². The second-order valence-corrected chi connectivity index (χ2v) is 5.30. The maximum atomic E-state index is 13.6. The van der Waals surface area contributed by atoms with Gasteiger partial charge in [0.15, 0.2) is 17.5 Å². The topological polar surface area (TPSA) is 57.6 Å². The second kappa shape index (κ2) is 5.74. The van der Waals surface area contributed by atoms with Gasteiger partial charge in [0.25, 0.3) is 5.91 Å². The largest absolute Gasteiger partial charge is 0.480 e. The summed E-state index contributed by atoms with van der Waals surface area (Å²) in [7, 11) is 0. The maximum Gasteiger partial charge on any atom is 0.327 e. The van der Waals surface area contributed by atoms with E-state index in [0.717, 1.165) is 11.0 Å². The van der Waals surface area contributed by atoms with Crippen molar-refractivity contribution in [2.75, 3.05) is 18.1 Å². The van der Waals surface area contributed by atoms with E-state index in [1.54, 1.807) is 0 Å². The second-order valence-electron chi connectivity index (χ2n) is 4.15. The van der Waals surface area contributed by atoms with Crippen molar-refractivity contribution in [1.82, 2.24) is 4.90 Å². The van der Waals surface area contributed by atoms with Crippen LogP contribution in [0.25, 0.3) is 0 Å². The van der Waals surface area contributed by atoms with Crippen LogP contribution in [0.2, 0.25) is 0 Å². The molecule has 1 unspecified atom stereocenters. The average Bonchev–Trinajstić information content (AvgIpc) is 2.44. The Hall–Kier alpha value is -1.70. The molecule has 108 valence electrons. The Kier molecular flexibility index (Phi) is 4.22. The minimum Gasteiger partial charge on any atom is -0.480 e. The molecule has 1 aliphatic heterocycles. The van der Waals surface area contributed by atoms with Crippen molar-refractivity contribution in [3.05, 3.63) is 35.1 Å². The molecule has 0 spiro atoms. The Labute approximate surface area is 116 Å². The van der Waals surface area contributed by atoms with Crippen molar-refractivity contribution < 1.29 is 27.9 Å². The zero-order valence-electron chi connectivity index (χ0n) is 10.1. The fraction of sp³-hybridized carbons (Fsp3) is 0.333. The van der Waals surface area contributed by atoms with Gasteiger partial charge in [-0.05, 0) is 12.1 Å². The highest BCUT2D eigenvalue weighted by molar-refractivity contribution is 7.99. The minimum atomic E-state index is -1.74. The van der Waals surface area contributed by atoms with Gasteiger partial charge in [0, 0.05) is 18.1 Å². The number of hydrogen-bond acceptors (Lipinski definition) is 3. The van der Waals surface area contributed by atoms with Crippen molar-refractivity contribution >= 4 is 23.6 Å². The van der Waals surface area contributed by atoms with Crippen LogP contribution >= 0.6 is 11.8 Å².